The minimum Gasteiger partial charge on any atom is -0.497 e. The molecule has 2 N–H and O–H groups in total. The maximum Gasteiger partial charge on any atom is 0.307 e. The molecule has 0 saturated heterocycles. The topological polar surface area (TPSA) is 70.8 Å². The molecule has 0 aliphatic carbocycles. The van der Waals surface area contributed by atoms with Crippen LogP contribution in [-0.4, -0.2) is 27.3 Å². The van der Waals surface area contributed by atoms with Crippen molar-refractivity contribution in [3.8, 4) is 11.5 Å². The largest absolute Gasteiger partial charge is 0.497 e. The highest BCUT2D eigenvalue weighted by Crippen LogP contribution is 2.29. The maximum absolute atomic E-state index is 11.2. The summed E-state index contributed by atoms with van der Waals surface area (Å²) in [5, 5.41) is 0. The van der Waals surface area contributed by atoms with Crippen molar-refractivity contribution >= 4 is 5.97 Å². The Bertz CT molecular complexity index is 392. The van der Waals surface area contributed by atoms with Gasteiger partial charge in [0.2, 0.25) is 0 Å². The van der Waals surface area contributed by atoms with E-state index in [0.717, 1.165) is 5.56 Å². The number of hydrogen-bond donors (Lipinski definition) is 1. The lowest BCUT2D eigenvalue weighted by molar-refractivity contribution is -0.141. The number of esters is 1. The molecule has 1 aromatic carbocycles. The number of hydrogen-bond acceptors (Lipinski definition) is 5. The molecule has 0 aliphatic rings. The average Bonchev–Trinajstić information content (AvgIpc) is 2.37. The van der Waals surface area contributed by atoms with Gasteiger partial charge in [-0.25, -0.2) is 0 Å². The highest BCUT2D eigenvalue weighted by molar-refractivity contribution is 5.70. The van der Waals surface area contributed by atoms with Gasteiger partial charge in [0.05, 0.1) is 27.8 Å². The normalized spacial score (nSPS) is 11.8. The van der Waals surface area contributed by atoms with Gasteiger partial charge in [0.1, 0.15) is 11.5 Å². The van der Waals surface area contributed by atoms with Gasteiger partial charge in [-0.1, -0.05) is 0 Å². The van der Waals surface area contributed by atoms with E-state index in [1.54, 1.807) is 32.4 Å². The first-order chi connectivity index (χ1) is 8.12. The molecular weight excluding hydrogens is 222 g/mol. The molecule has 0 saturated carbocycles. The third-order valence-electron chi connectivity index (χ3n) is 2.45. The van der Waals surface area contributed by atoms with Crippen LogP contribution in [0.2, 0.25) is 0 Å². The van der Waals surface area contributed by atoms with Crippen molar-refractivity contribution in [2.75, 3.05) is 21.3 Å². The Hall–Kier alpha value is -1.75. The van der Waals surface area contributed by atoms with Crippen molar-refractivity contribution in [3.05, 3.63) is 23.8 Å². The maximum atomic E-state index is 11.2. The van der Waals surface area contributed by atoms with Crippen LogP contribution in [0.4, 0.5) is 0 Å². The molecule has 0 fully saturated rings. The van der Waals surface area contributed by atoms with E-state index in [-0.39, 0.29) is 12.4 Å². The standard InChI is InChI=1S/C12H17NO4/c1-15-8-4-5-11(16-2)9(6-8)10(13)7-12(14)17-3/h4-6,10H,7,13H2,1-3H3. The molecule has 0 bridgehead atoms. The zero-order valence-corrected chi connectivity index (χ0v) is 10.2. The molecule has 5 heteroatoms. The van der Waals surface area contributed by atoms with Crippen LogP contribution in [0.5, 0.6) is 11.5 Å². The molecule has 0 aromatic heterocycles. The fourth-order valence-electron chi connectivity index (χ4n) is 1.50. The zero-order valence-electron chi connectivity index (χ0n) is 10.2. The highest BCUT2D eigenvalue weighted by Gasteiger charge is 2.17. The van der Waals surface area contributed by atoms with Gasteiger partial charge in [-0.15, -0.1) is 0 Å². The molecule has 0 spiro atoms. The van der Waals surface area contributed by atoms with Crippen molar-refractivity contribution in [1.29, 1.82) is 0 Å². The molecule has 0 amide bonds. The number of nitrogens with two attached hydrogens (primary N) is 1. The quantitative estimate of drug-likeness (QED) is 0.783. The lowest BCUT2D eigenvalue weighted by Gasteiger charge is -2.15. The molecular formula is C12H17NO4. The average molecular weight is 239 g/mol. The minimum atomic E-state index is -0.479. The summed E-state index contributed by atoms with van der Waals surface area (Å²) in [6.07, 6.45) is 0.0972. The fraction of sp³-hybridized carbons (Fsp3) is 0.417. The Morgan fingerprint density at radius 1 is 1.29 bits per heavy atom. The molecule has 0 radical (unpaired) electrons. The van der Waals surface area contributed by atoms with Crippen molar-refractivity contribution in [2.45, 2.75) is 12.5 Å². The number of methoxy groups -OCH3 is 3. The van der Waals surface area contributed by atoms with E-state index < -0.39 is 6.04 Å². The van der Waals surface area contributed by atoms with Crippen LogP contribution in [0, 0.1) is 0 Å². The lowest BCUT2D eigenvalue weighted by Crippen LogP contribution is -2.17. The third-order valence-corrected chi connectivity index (χ3v) is 2.45. The number of ether oxygens (including phenoxy) is 3. The molecule has 1 rings (SSSR count). The molecule has 1 atom stereocenters. The summed E-state index contributed by atoms with van der Waals surface area (Å²) in [5.74, 6) is 0.936. The first-order valence-corrected chi connectivity index (χ1v) is 5.16. The second-order valence-corrected chi connectivity index (χ2v) is 3.49. The van der Waals surface area contributed by atoms with Gasteiger partial charge in [-0.2, -0.15) is 0 Å². The van der Waals surface area contributed by atoms with Crippen molar-refractivity contribution < 1.29 is 19.0 Å². The first-order valence-electron chi connectivity index (χ1n) is 5.16. The van der Waals surface area contributed by atoms with Crippen LogP contribution in [0.1, 0.15) is 18.0 Å². The predicted octanol–water partition coefficient (Wildman–Crippen LogP) is 1.27. The summed E-state index contributed by atoms with van der Waals surface area (Å²) in [6, 6.07) is 4.80. The third kappa shape index (κ3) is 3.35. The van der Waals surface area contributed by atoms with Crippen molar-refractivity contribution in [1.82, 2.24) is 0 Å². The molecule has 5 nitrogen and oxygen atoms in total. The van der Waals surface area contributed by atoms with E-state index in [1.807, 2.05) is 0 Å². The van der Waals surface area contributed by atoms with E-state index in [0.29, 0.717) is 11.5 Å². The number of carbonyl (C=O) groups is 1. The molecule has 1 aromatic rings. The minimum absolute atomic E-state index is 0.0972. The number of rotatable bonds is 5. The van der Waals surface area contributed by atoms with Gasteiger partial charge in [0, 0.05) is 11.6 Å². The summed E-state index contributed by atoms with van der Waals surface area (Å²) in [5.41, 5.74) is 6.65. The van der Waals surface area contributed by atoms with E-state index in [2.05, 4.69) is 4.74 Å². The summed E-state index contributed by atoms with van der Waals surface area (Å²) in [7, 11) is 4.45. The fourth-order valence-corrected chi connectivity index (χ4v) is 1.50. The molecule has 17 heavy (non-hydrogen) atoms. The molecule has 0 aliphatic heterocycles. The van der Waals surface area contributed by atoms with Crippen LogP contribution < -0.4 is 15.2 Å². The Kier molecular flexibility index (Phi) is 4.78. The van der Waals surface area contributed by atoms with Crippen LogP contribution >= 0.6 is 0 Å². The highest BCUT2D eigenvalue weighted by atomic mass is 16.5. The van der Waals surface area contributed by atoms with E-state index in [4.69, 9.17) is 15.2 Å². The second-order valence-electron chi connectivity index (χ2n) is 3.49. The number of benzene rings is 1. The van der Waals surface area contributed by atoms with Crippen LogP contribution in [0.25, 0.3) is 0 Å². The number of carbonyl (C=O) groups excluding carboxylic acids is 1. The second kappa shape index (κ2) is 6.10. The van der Waals surface area contributed by atoms with Crippen LogP contribution in [0.15, 0.2) is 18.2 Å². The summed E-state index contributed by atoms with van der Waals surface area (Å²) in [4.78, 5) is 11.2. The van der Waals surface area contributed by atoms with E-state index >= 15 is 0 Å². The summed E-state index contributed by atoms with van der Waals surface area (Å²) in [6.45, 7) is 0. The van der Waals surface area contributed by atoms with Gasteiger partial charge < -0.3 is 19.9 Å². The van der Waals surface area contributed by atoms with Gasteiger partial charge >= 0.3 is 5.97 Å². The van der Waals surface area contributed by atoms with Gasteiger partial charge in [0.15, 0.2) is 0 Å². The van der Waals surface area contributed by atoms with Gasteiger partial charge in [0.25, 0.3) is 0 Å². The van der Waals surface area contributed by atoms with E-state index in [1.165, 1.54) is 7.11 Å². The van der Waals surface area contributed by atoms with Crippen LogP contribution in [-0.2, 0) is 9.53 Å². The Balaban J connectivity index is 2.96. The zero-order chi connectivity index (χ0) is 12.8. The van der Waals surface area contributed by atoms with E-state index in [9.17, 15) is 4.79 Å². The predicted molar refractivity (Wildman–Crippen MR) is 63.1 cm³/mol. The SMILES string of the molecule is COC(=O)CC(N)c1cc(OC)ccc1OC. The van der Waals surface area contributed by atoms with Crippen LogP contribution in [0.3, 0.4) is 0 Å². The Morgan fingerprint density at radius 3 is 2.53 bits per heavy atom. The molecule has 1 unspecified atom stereocenters. The van der Waals surface area contributed by atoms with Crippen molar-refractivity contribution in [3.63, 3.8) is 0 Å². The monoisotopic (exact) mass is 239 g/mol. The Labute approximate surface area is 100 Å². The smallest absolute Gasteiger partial charge is 0.307 e. The van der Waals surface area contributed by atoms with Gasteiger partial charge in [-0.05, 0) is 18.2 Å². The summed E-state index contributed by atoms with van der Waals surface area (Å²) < 4.78 is 14.9. The summed E-state index contributed by atoms with van der Waals surface area (Å²) >= 11 is 0. The first kappa shape index (κ1) is 13.3. The lowest BCUT2D eigenvalue weighted by atomic mass is 10.0. The van der Waals surface area contributed by atoms with Gasteiger partial charge in [-0.3, -0.25) is 4.79 Å². The Morgan fingerprint density at radius 2 is 2.00 bits per heavy atom. The molecule has 0 heterocycles. The van der Waals surface area contributed by atoms with Crippen molar-refractivity contribution in [2.24, 2.45) is 5.73 Å². The molecule has 94 valence electrons.